The zero-order chi connectivity index (χ0) is 21.3. The number of rotatable bonds is 3. The van der Waals surface area contributed by atoms with Crippen molar-refractivity contribution in [3.8, 4) is 11.1 Å². The highest BCUT2D eigenvalue weighted by Crippen LogP contribution is 2.35. The van der Waals surface area contributed by atoms with Crippen LogP contribution < -0.4 is 16.0 Å². The van der Waals surface area contributed by atoms with Gasteiger partial charge < -0.3 is 16.0 Å². The fraction of sp³-hybridized carbons (Fsp3) is 0.435. The smallest absolute Gasteiger partial charge is 0.385 e. The third kappa shape index (κ3) is 4.17. The van der Waals surface area contributed by atoms with Gasteiger partial charge in [0, 0.05) is 23.8 Å². The van der Waals surface area contributed by atoms with E-state index in [1.807, 2.05) is 25.1 Å². The van der Waals surface area contributed by atoms with Crippen LogP contribution >= 0.6 is 0 Å². The second kappa shape index (κ2) is 8.30. The van der Waals surface area contributed by atoms with Crippen LogP contribution in [0.5, 0.6) is 0 Å². The molecule has 0 saturated carbocycles. The van der Waals surface area contributed by atoms with Crippen LogP contribution in [0.4, 0.5) is 18.9 Å². The number of amides is 1. The molecule has 1 saturated heterocycles. The van der Waals surface area contributed by atoms with Crippen molar-refractivity contribution in [2.75, 3.05) is 18.4 Å². The predicted octanol–water partition coefficient (Wildman–Crippen LogP) is 4.43. The second-order valence-corrected chi connectivity index (χ2v) is 8.08. The average molecular weight is 417 g/mol. The lowest BCUT2D eigenvalue weighted by Gasteiger charge is -2.32. The fourth-order valence-electron chi connectivity index (χ4n) is 4.50. The fourth-order valence-corrected chi connectivity index (χ4v) is 4.50. The molecule has 1 fully saturated rings. The molecule has 2 heterocycles. The van der Waals surface area contributed by atoms with Crippen molar-refractivity contribution in [3.63, 3.8) is 0 Å². The first-order valence-electron chi connectivity index (χ1n) is 10.4. The van der Waals surface area contributed by atoms with Crippen molar-refractivity contribution in [2.45, 2.75) is 50.9 Å². The molecular formula is C23H26F3N3O. The van der Waals surface area contributed by atoms with E-state index in [0.29, 0.717) is 12.0 Å². The lowest BCUT2D eigenvalue weighted by molar-refractivity contribution is -0.161. The number of benzene rings is 2. The molecule has 0 aromatic heterocycles. The number of hydrogen-bond acceptors (Lipinski definition) is 3. The van der Waals surface area contributed by atoms with Gasteiger partial charge in [-0.2, -0.15) is 13.2 Å². The van der Waals surface area contributed by atoms with Crippen LogP contribution in [0.3, 0.4) is 0 Å². The maximum absolute atomic E-state index is 13.0. The number of carbonyl (C=O) groups excluding carboxylic acids is 1. The molecule has 0 radical (unpaired) electrons. The van der Waals surface area contributed by atoms with E-state index in [4.69, 9.17) is 0 Å². The molecule has 160 valence electrons. The van der Waals surface area contributed by atoms with Crippen LogP contribution in [0.1, 0.15) is 40.7 Å². The van der Waals surface area contributed by atoms with E-state index in [0.717, 1.165) is 41.8 Å². The molecule has 2 aromatic carbocycles. The number of halogens is 3. The standard InChI is InChI=1S/C23H26F3N3O/c1-14-16(18-7-3-9-20-19(18)8-4-11-27-20)5-2-6-17(14)22(30)29-15-10-12-28-21(13-15)23(24,25)26/h2-3,5-7,9,15,21,27-28H,4,8,10-13H2,1H3,(H,29,30). The number of fused-ring (bicyclic) bond motifs is 1. The number of alkyl halides is 3. The summed E-state index contributed by atoms with van der Waals surface area (Å²) in [7, 11) is 0. The molecule has 0 aliphatic carbocycles. The van der Waals surface area contributed by atoms with Gasteiger partial charge in [-0.15, -0.1) is 0 Å². The summed E-state index contributed by atoms with van der Waals surface area (Å²) in [6.07, 6.45) is -1.94. The summed E-state index contributed by atoms with van der Waals surface area (Å²) < 4.78 is 39.1. The van der Waals surface area contributed by atoms with Crippen LogP contribution in [0.2, 0.25) is 0 Å². The Kier molecular flexibility index (Phi) is 5.73. The van der Waals surface area contributed by atoms with Crippen molar-refractivity contribution in [2.24, 2.45) is 0 Å². The monoisotopic (exact) mass is 417 g/mol. The maximum Gasteiger partial charge on any atom is 0.403 e. The molecule has 2 atom stereocenters. The van der Waals surface area contributed by atoms with Crippen LogP contribution in [0.15, 0.2) is 36.4 Å². The van der Waals surface area contributed by atoms with Crippen molar-refractivity contribution >= 4 is 11.6 Å². The summed E-state index contributed by atoms with van der Waals surface area (Å²) in [4.78, 5) is 12.9. The van der Waals surface area contributed by atoms with Gasteiger partial charge >= 0.3 is 6.18 Å². The topological polar surface area (TPSA) is 53.2 Å². The van der Waals surface area contributed by atoms with Gasteiger partial charge in [0.05, 0.1) is 0 Å². The Bertz CT molecular complexity index is 942. The van der Waals surface area contributed by atoms with Gasteiger partial charge in [0.2, 0.25) is 0 Å². The van der Waals surface area contributed by atoms with Gasteiger partial charge in [-0.3, -0.25) is 4.79 Å². The van der Waals surface area contributed by atoms with E-state index in [1.165, 1.54) is 5.56 Å². The number of nitrogens with one attached hydrogen (secondary N) is 3. The predicted molar refractivity (Wildman–Crippen MR) is 112 cm³/mol. The lowest BCUT2D eigenvalue weighted by Crippen LogP contribution is -2.53. The first-order chi connectivity index (χ1) is 14.3. The molecule has 30 heavy (non-hydrogen) atoms. The molecule has 1 amide bonds. The zero-order valence-electron chi connectivity index (χ0n) is 16.9. The molecule has 4 rings (SSSR count). The molecule has 2 aliphatic heterocycles. The quantitative estimate of drug-likeness (QED) is 0.693. The van der Waals surface area contributed by atoms with Gasteiger partial charge in [0.15, 0.2) is 0 Å². The molecule has 2 aromatic rings. The summed E-state index contributed by atoms with van der Waals surface area (Å²) in [6.45, 7) is 3.09. The largest absolute Gasteiger partial charge is 0.403 e. The third-order valence-corrected chi connectivity index (χ3v) is 6.10. The van der Waals surface area contributed by atoms with Crippen molar-refractivity contribution in [1.29, 1.82) is 0 Å². The van der Waals surface area contributed by atoms with E-state index in [1.54, 1.807) is 6.07 Å². The molecule has 0 spiro atoms. The van der Waals surface area contributed by atoms with E-state index in [2.05, 4.69) is 28.1 Å². The zero-order valence-corrected chi connectivity index (χ0v) is 16.9. The Morgan fingerprint density at radius 2 is 1.87 bits per heavy atom. The molecule has 4 nitrogen and oxygen atoms in total. The molecule has 2 unspecified atom stereocenters. The van der Waals surface area contributed by atoms with Crippen LogP contribution in [-0.2, 0) is 6.42 Å². The molecule has 3 N–H and O–H groups in total. The van der Waals surface area contributed by atoms with E-state index >= 15 is 0 Å². The van der Waals surface area contributed by atoms with Crippen LogP contribution in [0, 0.1) is 6.92 Å². The third-order valence-electron chi connectivity index (χ3n) is 6.10. The van der Waals surface area contributed by atoms with E-state index in [9.17, 15) is 18.0 Å². The first kappa shape index (κ1) is 20.7. The van der Waals surface area contributed by atoms with Gasteiger partial charge in [-0.25, -0.2) is 0 Å². The Morgan fingerprint density at radius 1 is 1.10 bits per heavy atom. The molecule has 0 bridgehead atoms. The Morgan fingerprint density at radius 3 is 2.67 bits per heavy atom. The summed E-state index contributed by atoms with van der Waals surface area (Å²) in [5, 5.41) is 8.74. The lowest BCUT2D eigenvalue weighted by atomic mass is 9.89. The van der Waals surface area contributed by atoms with Crippen LogP contribution in [-0.4, -0.2) is 37.3 Å². The molecule has 2 aliphatic rings. The maximum atomic E-state index is 13.0. The second-order valence-electron chi connectivity index (χ2n) is 8.08. The Balaban J connectivity index is 1.57. The first-order valence-corrected chi connectivity index (χ1v) is 10.4. The molecule has 7 heteroatoms. The van der Waals surface area contributed by atoms with Crippen LogP contribution in [0.25, 0.3) is 11.1 Å². The van der Waals surface area contributed by atoms with E-state index in [-0.39, 0.29) is 18.9 Å². The minimum Gasteiger partial charge on any atom is -0.385 e. The van der Waals surface area contributed by atoms with Gasteiger partial charge in [0.1, 0.15) is 6.04 Å². The highest BCUT2D eigenvalue weighted by Gasteiger charge is 2.42. The number of hydrogen-bond donors (Lipinski definition) is 3. The number of carbonyl (C=O) groups is 1. The minimum absolute atomic E-state index is 0.147. The Hall–Kier alpha value is -2.54. The molecular weight excluding hydrogens is 391 g/mol. The van der Waals surface area contributed by atoms with Gasteiger partial charge in [-0.05, 0) is 73.5 Å². The number of anilines is 1. The Labute approximate surface area is 174 Å². The van der Waals surface area contributed by atoms with Crippen molar-refractivity contribution < 1.29 is 18.0 Å². The summed E-state index contributed by atoms with van der Waals surface area (Å²) in [5.41, 5.74) is 5.82. The van der Waals surface area contributed by atoms with Crippen molar-refractivity contribution in [3.05, 3.63) is 53.1 Å². The minimum atomic E-state index is -4.31. The summed E-state index contributed by atoms with van der Waals surface area (Å²) in [6, 6.07) is 9.65. The summed E-state index contributed by atoms with van der Waals surface area (Å²) >= 11 is 0. The van der Waals surface area contributed by atoms with Crippen molar-refractivity contribution in [1.82, 2.24) is 10.6 Å². The number of piperidine rings is 1. The van der Waals surface area contributed by atoms with Gasteiger partial charge in [-0.1, -0.05) is 24.3 Å². The van der Waals surface area contributed by atoms with E-state index < -0.39 is 18.3 Å². The normalized spacial score (nSPS) is 21.5. The average Bonchev–Trinajstić information content (AvgIpc) is 2.73. The van der Waals surface area contributed by atoms with Gasteiger partial charge in [0.25, 0.3) is 5.91 Å². The SMILES string of the molecule is Cc1c(C(=O)NC2CCNC(C(F)(F)F)C2)cccc1-c1cccc2c1CCCN2. The highest BCUT2D eigenvalue weighted by molar-refractivity contribution is 5.98. The highest BCUT2D eigenvalue weighted by atomic mass is 19.4. The summed E-state index contributed by atoms with van der Waals surface area (Å²) in [5.74, 6) is -0.315.